The average Bonchev–Trinajstić information content (AvgIpc) is 2.75. The van der Waals surface area contributed by atoms with Gasteiger partial charge >= 0.3 is 0 Å². The summed E-state index contributed by atoms with van der Waals surface area (Å²) in [6.07, 6.45) is 3.25. The maximum atomic E-state index is 13.1. The summed E-state index contributed by atoms with van der Waals surface area (Å²) in [6, 6.07) is -1.03. The van der Waals surface area contributed by atoms with Gasteiger partial charge in [-0.1, -0.05) is 0 Å². The van der Waals surface area contributed by atoms with E-state index < -0.39 is 12.0 Å². The van der Waals surface area contributed by atoms with Crippen molar-refractivity contribution < 1.29 is 8.78 Å². The van der Waals surface area contributed by atoms with E-state index >= 15 is 0 Å². The lowest BCUT2D eigenvalue weighted by atomic mass is 10.1. The first kappa shape index (κ1) is 9.30. The van der Waals surface area contributed by atoms with Crippen molar-refractivity contribution in [2.24, 2.45) is 5.73 Å². The first-order valence-corrected chi connectivity index (χ1v) is 4.47. The summed E-state index contributed by atoms with van der Waals surface area (Å²) in [5, 5.41) is 2.84. The second kappa shape index (κ2) is 2.62. The molecule has 0 amide bonds. The van der Waals surface area contributed by atoms with Crippen LogP contribution < -0.4 is 11.1 Å². The second-order valence-corrected chi connectivity index (χ2v) is 3.88. The van der Waals surface area contributed by atoms with Gasteiger partial charge < -0.3 is 16.0 Å². The van der Waals surface area contributed by atoms with Crippen molar-refractivity contribution in [2.75, 3.05) is 0 Å². The van der Waals surface area contributed by atoms with E-state index in [1.807, 2.05) is 6.92 Å². The van der Waals surface area contributed by atoms with Gasteiger partial charge in [0, 0.05) is 19.3 Å². The highest BCUT2D eigenvalue weighted by Crippen LogP contribution is 2.45. The van der Waals surface area contributed by atoms with Crippen LogP contribution >= 0.6 is 0 Å². The van der Waals surface area contributed by atoms with Crippen LogP contribution in [0.4, 0.5) is 8.78 Å². The van der Waals surface area contributed by atoms with Crippen molar-refractivity contribution >= 4 is 0 Å². The number of fused-ring (bicyclic) bond motifs is 1. The van der Waals surface area contributed by atoms with Gasteiger partial charge in [0.25, 0.3) is 5.92 Å². The van der Waals surface area contributed by atoms with Gasteiger partial charge in [-0.3, -0.25) is 0 Å². The van der Waals surface area contributed by atoms with E-state index in [2.05, 4.69) is 5.32 Å². The van der Waals surface area contributed by atoms with E-state index in [-0.39, 0.29) is 6.04 Å². The first-order chi connectivity index (χ1) is 6.43. The highest BCUT2D eigenvalue weighted by Gasteiger charge is 2.60. The number of hydrogen-bond donors (Lipinski definition) is 2. The molecule has 3 N–H and O–H groups in total. The third-order valence-corrected chi connectivity index (χ3v) is 2.63. The number of halogens is 2. The topological polar surface area (TPSA) is 41.1 Å². The summed E-state index contributed by atoms with van der Waals surface area (Å²) in [5.74, 6) is -2.34. The van der Waals surface area contributed by atoms with Crippen LogP contribution in [-0.4, -0.2) is 22.9 Å². The summed E-state index contributed by atoms with van der Waals surface area (Å²) in [5.41, 5.74) is 6.51. The molecule has 0 aromatic rings. The summed E-state index contributed by atoms with van der Waals surface area (Å²) in [4.78, 5) is 1.53. The number of nitrogens with zero attached hydrogens (tertiary/aromatic N) is 1. The van der Waals surface area contributed by atoms with Gasteiger partial charge in [0.1, 0.15) is 11.9 Å². The fourth-order valence-electron chi connectivity index (χ4n) is 1.96. The zero-order chi connectivity index (χ0) is 10.5. The monoisotopic (exact) mass is 201 g/mol. The quantitative estimate of drug-likeness (QED) is 0.621. The Hall–Kier alpha value is -1.26. The maximum absolute atomic E-state index is 13.1. The molecule has 0 radical (unpaired) electrons. The Kier molecular flexibility index (Phi) is 1.74. The van der Waals surface area contributed by atoms with Crippen LogP contribution in [0.1, 0.15) is 13.8 Å². The van der Waals surface area contributed by atoms with Crippen molar-refractivity contribution in [2.45, 2.75) is 31.9 Å². The molecule has 2 aliphatic heterocycles. The summed E-state index contributed by atoms with van der Waals surface area (Å²) < 4.78 is 26.2. The molecule has 0 spiro atoms. The second-order valence-electron chi connectivity index (χ2n) is 3.88. The van der Waals surface area contributed by atoms with Gasteiger partial charge in [-0.25, -0.2) is 8.78 Å². The molecule has 2 aliphatic rings. The molecule has 0 bridgehead atoms. The molecule has 2 heterocycles. The SMILES string of the molecule is CC1=CNC=C(N)N2C(C(C)(F)F)[C@@H]12. The molecular formula is C9H13F2N3. The van der Waals surface area contributed by atoms with Crippen LogP contribution in [0.25, 0.3) is 0 Å². The fraction of sp³-hybridized carbons (Fsp3) is 0.556. The third kappa shape index (κ3) is 1.23. The van der Waals surface area contributed by atoms with Crippen molar-refractivity contribution in [3.8, 4) is 0 Å². The fourth-order valence-corrected chi connectivity index (χ4v) is 1.96. The predicted molar refractivity (Wildman–Crippen MR) is 49.2 cm³/mol. The van der Waals surface area contributed by atoms with E-state index in [9.17, 15) is 8.78 Å². The summed E-state index contributed by atoms with van der Waals surface area (Å²) in [6.45, 7) is 2.75. The maximum Gasteiger partial charge on any atom is 0.267 e. The van der Waals surface area contributed by atoms with Crippen molar-refractivity contribution in [3.05, 3.63) is 23.8 Å². The van der Waals surface area contributed by atoms with Gasteiger partial charge in [-0.05, 0) is 12.5 Å². The molecule has 0 saturated carbocycles. The summed E-state index contributed by atoms with van der Waals surface area (Å²) in [7, 11) is 0. The smallest absolute Gasteiger partial charge is 0.267 e. The van der Waals surface area contributed by atoms with Crippen LogP contribution in [0.3, 0.4) is 0 Å². The van der Waals surface area contributed by atoms with Crippen LogP contribution in [0.5, 0.6) is 0 Å². The zero-order valence-electron chi connectivity index (χ0n) is 8.09. The van der Waals surface area contributed by atoms with Crippen molar-refractivity contribution in [3.63, 3.8) is 0 Å². The Morgan fingerprint density at radius 1 is 1.50 bits per heavy atom. The first-order valence-electron chi connectivity index (χ1n) is 4.47. The molecule has 1 saturated heterocycles. The van der Waals surface area contributed by atoms with Gasteiger partial charge in [-0.2, -0.15) is 0 Å². The molecule has 0 aromatic heterocycles. The minimum atomic E-state index is -2.71. The Morgan fingerprint density at radius 3 is 2.71 bits per heavy atom. The highest BCUT2D eigenvalue weighted by atomic mass is 19.3. The Morgan fingerprint density at radius 2 is 2.14 bits per heavy atom. The van der Waals surface area contributed by atoms with E-state index in [1.165, 1.54) is 11.1 Å². The highest BCUT2D eigenvalue weighted by molar-refractivity contribution is 5.32. The Bertz CT molecular complexity index is 293. The number of rotatable bonds is 1. The van der Waals surface area contributed by atoms with E-state index in [4.69, 9.17) is 5.73 Å². The van der Waals surface area contributed by atoms with E-state index in [1.54, 1.807) is 6.20 Å². The molecule has 0 aromatic carbocycles. The Labute approximate surface area is 81.2 Å². The normalized spacial score (nSPS) is 31.0. The molecule has 2 atom stereocenters. The van der Waals surface area contributed by atoms with Crippen LogP contribution in [0, 0.1) is 0 Å². The molecule has 78 valence electrons. The summed E-state index contributed by atoms with van der Waals surface area (Å²) >= 11 is 0. The minimum Gasteiger partial charge on any atom is -0.384 e. The lowest BCUT2D eigenvalue weighted by Crippen LogP contribution is -2.25. The van der Waals surface area contributed by atoms with Gasteiger partial charge in [0.15, 0.2) is 0 Å². The number of nitrogens with two attached hydrogens (primary N) is 1. The van der Waals surface area contributed by atoms with Crippen LogP contribution in [0.2, 0.25) is 0 Å². The van der Waals surface area contributed by atoms with Crippen molar-refractivity contribution in [1.29, 1.82) is 0 Å². The standard InChI is InChI=1S/C9H13F2N3/c1-5-3-13-4-6(12)14-7(5)8(14)9(2,10)11/h3-4,7-8,13H,12H2,1-2H3/t7-,8?,14?/m1/s1. The molecular weight excluding hydrogens is 188 g/mol. The van der Waals surface area contributed by atoms with E-state index in [0.29, 0.717) is 5.82 Å². The number of alkyl halides is 2. The molecule has 1 unspecified atom stereocenters. The lowest BCUT2D eigenvalue weighted by molar-refractivity contribution is 0.00968. The molecule has 3 nitrogen and oxygen atoms in total. The van der Waals surface area contributed by atoms with Crippen molar-refractivity contribution in [1.82, 2.24) is 10.2 Å². The molecule has 14 heavy (non-hydrogen) atoms. The van der Waals surface area contributed by atoms with E-state index in [0.717, 1.165) is 12.5 Å². The third-order valence-electron chi connectivity index (χ3n) is 2.63. The van der Waals surface area contributed by atoms with Gasteiger partial charge in [0.05, 0.1) is 6.04 Å². The molecule has 2 rings (SSSR count). The largest absolute Gasteiger partial charge is 0.384 e. The van der Waals surface area contributed by atoms with Crippen LogP contribution in [-0.2, 0) is 0 Å². The predicted octanol–water partition coefficient (Wildman–Crippen LogP) is 0.959. The van der Waals surface area contributed by atoms with Crippen LogP contribution in [0.15, 0.2) is 23.8 Å². The zero-order valence-corrected chi connectivity index (χ0v) is 8.09. The molecule has 5 heteroatoms. The van der Waals surface area contributed by atoms with Gasteiger partial charge in [-0.15, -0.1) is 0 Å². The number of nitrogens with one attached hydrogen (secondary N) is 1. The minimum absolute atomic E-state index is 0.249. The number of hydrogen-bond acceptors (Lipinski definition) is 3. The van der Waals surface area contributed by atoms with Gasteiger partial charge in [0.2, 0.25) is 0 Å². The lowest BCUT2D eigenvalue weighted by Gasteiger charge is -2.10. The molecule has 1 fully saturated rings. The Balaban J connectivity index is 2.26. The average molecular weight is 201 g/mol. The molecule has 0 aliphatic carbocycles.